The summed E-state index contributed by atoms with van der Waals surface area (Å²) < 4.78 is 0. The van der Waals surface area contributed by atoms with Gasteiger partial charge in [0.15, 0.2) is 0 Å². The van der Waals surface area contributed by atoms with E-state index < -0.39 is 12.3 Å². The van der Waals surface area contributed by atoms with Crippen LogP contribution in [0.1, 0.15) is 0 Å². The minimum atomic E-state index is -1.83. The third-order valence-electron chi connectivity index (χ3n) is 0. The van der Waals surface area contributed by atoms with Crippen molar-refractivity contribution in [2.75, 3.05) is 0 Å². The van der Waals surface area contributed by atoms with Crippen molar-refractivity contribution in [1.29, 1.82) is 0 Å². The van der Waals surface area contributed by atoms with Crippen molar-refractivity contribution in [2.24, 2.45) is 0 Å². The zero-order valence-electron chi connectivity index (χ0n) is 3.61. The molecule has 0 saturated carbocycles. The fraction of sp³-hybridized carbons (Fsp3) is 0. The van der Waals surface area contributed by atoms with Crippen molar-refractivity contribution in [3.8, 4) is 0 Å². The van der Waals surface area contributed by atoms with Crippen LogP contribution in [0.25, 0.3) is 0 Å². The molecule has 0 heterocycles. The molecule has 0 fully saturated rings. The molecule has 0 aliphatic heterocycles. The fourth-order valence-corrected chi connectivity index (χ4v) is 0. The van der Waals surface area contributed by atoms with E-state index >= 15 is 0 Å². The van der Waals surface area contributed by atoms with Crippen LogP contribution >= 0.6 is 0 Å². The Bertz CT molecular complexity index is 76.6. The monoisotopic (exact) mass is 212 g/mol. The Morgan fingerprint density at radius 3 is 0.727 bits per heavy atom. The topological polar surface area (TPSA) is 115 Å². The van der Waals surface area contributed by atoms with Crippen LogP contribution in [-0.2, 0) is 0 Å². The Kier molecular flexibility index (Phi) is 60.4. The zero-order chi connectivity index (χ0) is 7.15. The van der Waals surface area contributed by atoms with Crippen LogP contribution < -0.4 is 0 Å². The van der Waals surface area contributed by atoms with Gasteiger partial charge in [-0.3, -0.25) is 0 Å². The molecular formula is C2H7KNa2O6. The summed E-state index contributed by atoms with van der Waals surface area (Å²) in [5.41, 5.74) is 0. The van der Waals surface area contributed by atoms with Gasteiger partial charge in [0, 0.05) is 0 Å². The summed E-state index contributed by atoms with van der Waals surface area (Å²) in [6, 6.07) is 0. The van der Waals surface area contributed by atoms with E-state index in [9.17, 15) is 0 Å². The molecule has 0 rings (SSSR count). The zero-order valence-corrected chi connectivity index (χ0v) is 3.61. The maximum atomic E-state index is 8.56. The number of rotatable bonds is 0. The number of carbonyl (C=O) groups is 2. The molecule has 9 heteroatoms. The van der Waals surface area contributed by atoms with Gasteiger partial charge in [-0.2, -0.15) is 0 Å². The first-order valence-corrected chi connectivity index (χ1v) is 1.30. The quantitative estimate of drug-likeness (QED) is 0.363. The van der Waals surface area contributed by atoms with E-state index in [0.29, 0.717) is 0 Å². The second-order valence-electron chi connectivity index (χ2n) is 0.565. The van der Waals surface area contributed by atoms with E-state index in [1.54, 1.807) is 0 Å². The summed E-state index contributed by atoms with van der Waals surface area (Å²) in [6.45, 7) is 0. The molecule has 0 spiro atoms. The molecule has 0 radical (unpaired) electrons. The van der Waals surface area contributed by atoms with Crippen molar-refractivity contribution in [3.05, 3.63) is 0 Å². The Balaban J connectivity index is -0.0000000171. The Morgan fingerprint density at radius 2 is 0.727 bits per heavy atom. The summed E-state index contributed by atoms with van der Waals surface area (Å²) in [5.74, 6) is 0. The second kappa shape index (κ2) is 22.8. The summed E-state index contributed by atoms with van der Waals surface area (Å²) in [7, 11) is 0. The number of hydrogen-bond acceptors (Lipinski definition) is 2. The molecule has 0 atom stereocenters. The maximum absolute atomic E-state index is 8.56. The van der Waals surface area contributed by atoms with Crippen LogP contribution in [0.5, 0.6) is 0 Å². The average Bonchev–Trinajstić information content (AvgIpc) is 1.25. The molecular weight excluding hydrogens is 205 g/mol. The van der Waals surface area contributed by atoms with Crippen molar-refractivity contribution in [3.63, 3.8) is 0 Å². The van der Waals surface area contributed by atoms with E-state index in [0.717, 1.165) is 0 Å². The molecule has 54 valence electrons. The predicted molar refractivity (Wildman–Crippen MR) is 42.8 cm³/mol. The Morgan fingerprint density at radius 1 is 0.727 bits per heavy atom. The van der Waals surface area contributed by atoms with Gasteiger partial charge in [-0.05, 0) is 0 Å². The predicted octanol–water partition coefficient (Wildman–Crippen LogP) is -1.50. The van der Waals surface area contributed by atoms with Crippen LogP contribution in [-0.4, -0.2) is 143 Å². The molecule has 0 amide bonds. The molecule has 0 saturated heterocycles. The van der Waals surface area contributed by atoms with Gasteiger partial charge in [0.2, 0.25) is 0 Å². The van der Waals surface area contributed by atoms with Crippen LogP contribution in [0, 0.1) is 0 Å². The van der Waals surface area contributed by atoms with E-state index in [1.165, 1.54) is 0 Å². The summed E-state index contributed by atoms with van der Waals surface area (Å²) in [4.78, 5) is 17.1. The van der Waals surface area contributed by atoms with Crippen LogP contribution in [0.15, 0.2) is 0 Å². The van der Waals surface area contributed by atoms with Gasteiger partial charge < -0.3 is 20.4 Å². The van der Waals surface area contributed by atoms with Gasteiger partial charge >= 0.3 is 123 Å². The number of carboxylic acid groups (broad SMARTS) is 4. The first-order valence-electron chi connectivity index (χ1n) is 1.30. The first-order chi connectivity index (χ1) is 3.46. The molecule has 0 aromatic heterocycles. The molecule has 0 bridgehead atoms. The molecule has 0 unspecified atom stereocenters. The van der Waals surface area contributed by atoms with Gasteiger partial charge in [-0.25, -0.2) is 9.59 Å². The molecule has 0 aromatic rings. The van der Waals surface area contributed by atoms with Crippen LogP contribution in [0.4, 0.5) is 9.59 Å². The Labute approximate surface area is 149 Å². The van der Waals surface area contributed by atoms with Gasteiger partial charge in [0.25, 0.3) is 0 Å². The summed E-state index contributed by atoms with van der Waals surface area (Å²) in [5, 5.41) is 27.9. The average molecular weight is 212 g/mol. The van der Waals surface area contributed by atoms with Crippen molar-refractivity contribution < 1.29 is 30.0 Å². The molecule has 0 aliphatic carbocycles. The van der Waals surface area contributed by atoms with Gasteiger partial charge in [0.05, 0.1) is 0 Å². The van der Waals surface area contributed by atoms with Gasteiger partial charge in [0.1, 0.15) is 0 Å². The van der Waals surface area contributed by atoms with E-state index in [-0.39, 0.29) is 110 Å². The van der Waals surface area contributed by atoms with Crippen molar-refractivity contribution in [1.82, 2.24) is 0 Å². The second-order valence-corrected chi connectivity index (χ2v) is 0.565. The summed E-state index contributed by atoms with van der Waals surface area (Å²) >= 11 is 0. The van der Waals surface area contributed by atoms with Crippen molar-refractivity contribution >= 4 is 123 Å². The first kappa shape index (κ1) is 29.2. The van der Waals surface area contributed by atoms with E-state index in [1.807, 2.05) is 0 Å². The van der Waals surface area contributed by atoms with Crippen LogP contribution in [0.2, 0.25) is 0 Å². The minimum absolute atomic E-state index is 0. The third-order valence-corrected chi connectivity index (χ3v) is 0. The molecule has 4 N–H and O–H groups in total. The summed E-state index contributed by atoms with van der Waals surface area (Å²) in [6.07, 6.45) is -3.67. The SMILES string of the molecule is O=C(O)O.O=C(O)O.[KH].[NaH].[NaH]. The molecule has 11 heavy (non-hydrogen) atoms. The molecule has 0 aromatic carbocycles. The van der Waals surface area contributed by atoms with Gasteiger partial charge in [-0.15, -0.1) is 0 Å². The normalized spacial score (nSPS) is 4.36. The van der Waals surface area contributed by atoms with Gasteiger partial charge in [-0.1, -0.05) is 0 Å². The number of hydrogen-bond donors (Lipinski definition) is 4. The van der Waals surface area contributed by atoms with Crippen LogP contribution in [0.3, 0.4) is 0 Å². The standard InChI is InChI=1S/2CH2O3.K.2Na.3H/c2*2-1(3)4;;;;;;/h2*(H2,2,3,4);;;;;;. The fourth-order valence-electron chi connectivity index (χ4n) is 0. The third kappa shape index (κ3) is 266. The molecule has 0 aliphatic rings. The molecule has 6 nitrogen and oxygen atoms in total. The van der Waals surface area contributed by atoms with E-state index in [2.05, 4.69) is 0 Å². The van der Waals surface area contributed by atoms with Crippen molar-refractivity contribution in [2.45, 2.75) is 0 Å². The van der Waals surface area contributed by atoms with E-state index in [4.69, 9.17) is 30.0 Å². The Hall–Kier alpha value is 2.18.